The Labute approximate surface area is 117 Å². The quantitative estimate of drug-likeness (QED) is 0.928. The highest BCUT2D eigenvalue weighted by Gasteiger charge is 2.46. The molecule has 1 unspecified atom stereocenters. The fraction of sp³-hybridized carbons (Fsp3) is 0.400. The average Bonchev–Trinajstić information content (AvgIpc) is 2.92. The molecule has 2 aromatic rings. The van der Waals surface area contributed by atoms with Crippen molar-refractivity contribution in [1.29, 1.82) is 0 Å². The Bertz CT molecular complexity index is 658. The number of aromatic nitrogens is 2. The van der Waals surface area contributed by atoms with E-state index >= 15 is 0 Å². The van der Waals surface area contributed by atoms with E-state index < -0.39 is 11.5 Å². The molecule has 2 heterocycles. The molecular formula is C15H17N3O2. The smallest absolute Gasteiger partial charge is 0.329 e. The molecule has 1 aliphatic rings. The van der Waals surface area contributed by atoms with Crippen LogP contribution in [0.5, 0.6) is 0 Å². The van der Waals surface area contributed by atoms with E-state index in [1.54, 1.807) is 6.20 Å². The van der Waals surface area contributed by atoms with Gasteiger partial charge in [0.05, 0.1) is 17.2 Å². The van der Waals surface area contributed by atoms with E-state index in [9.17, 15) is 9.90 Å². The Kier molecular flexibility index (Phi) is 3.04. The lowest BCUT2D eigenvalue weighted by Gasteiger charge is -2.34. The van der Waals surface area contributed by atoms with E-state index in [4.69, 9.17) is 0 Å². The Balaban J connectivity index is 2.07. The molecule has 1 fully saturated rings. The van der Waals surface area contributed by atoms with Crippen LogP contribution in [0.2, 0.25) is 0 Å². The van der Waals surface area contributed by atoms with Crippen LogP contribution in [0.1, 0.15) is 26.2 Å². The largest absolute Gasteiger partial charge is 0.479 e. The number of carboxylic acid groups (broad SMARTS) is 1. The maximum Gasteiger partial charge on any atom is 0.329 e. The van der Waals surface area contributed by atoms with Gasteiger partial charge in [-0.15, -0.1) is 0 Å². The Morgan fingerprint density at radius 1 is 1.40 bits per heavy atom. The first-order valence-corrected chi connectivity index (χ1v) is 6.90. The van der Waals surface area contributed by atoms with Crippen LogP contribution in [0, 0.1) is 0 Å². The number of anilines is 1. The van der Waals surface area contributed by atoms with Gasteiger partial charge in [-0.05, 0) is 31.4 Å². The summed E-state index contributed by atoms with van der Waals surface area (Å²) in [4.78, 5) is 22.6. The topological polar surface area (TPSA) is 66.3 Å². The van der Waals surface area contributed by atoms with Crippen molar-refractivity contribution in [3.05, 3.63) is 30.5 Å². The standard InChI is InChI=1S/C15H17N3O2/c1-2-15(14(19)20)8-5-9-18(15)13-10-16-11-6-3-4-7-12(11)17-13/h3-4,6-7,10H,2,5,8-9H2,1H3,(H,19,20). The number of nitrogens with zero attached hydrogens (tertiary/aromatic N) is 3. The van der Waals surface area contributed by atoms with E-state index in [2.05, 4.69) is 9.97 Å². The second kappa shape index (κ2) is 4.74. The highest BCUT2D eigenvalue weighted by Crippen LogP contribution is 2.36. The van der Waals surface area contributed by atoms with Crippen LogP contribution in [0.3, 0.4) is 0 Å². The lowest BCUT2D eigenvalue weighted by atomic mass is 9.93. The molecule has 104 valence electrons. The third-order valence-electron chi connectivity index (χ3n) is 4.18. The van der Waals surface area contributed by atoms with Crippen LogP contribution in [0.4, 0.5) is 5.82 Å². The summed E-state index contributed by atoms with van der Waals surface area (Å²) in [7, 11) is 0. The molecule has 5 nitrogen and oxygen atoms in total. The molecule has 1 aliphatic heterocycles. The molecule has 1 aromatic heterocycles. The third kappa shape index (κ3) is 1.81. The zero-order valence-electron chi connectivity index (χ0n) is 11.4. The summed E-state index contributed by atoms with van der Waals surface area (Å²) in [5, 5.41) is 9.62. The van der Waals surface area contributed by atoms with E-state index in [1.165, 1.54) is 0 Å². The van der Waals surface area contributed by atoms with Gasteiger partial charge in [0.1, 0.15) is 11.4 Å². The van der Waals surface area contributed by atoms with E-state index in [1.807, 2.05) is 36.1 Å². The third-order valence-corrected chi connectivity index (χ3v) is 4.18. The summed E-state index contributed by atoms with van der Waals surface area (Å²) in [5.41, 5.74) is 0.789. The van der Waals surface area contributed by atoms with Gasteiger partial charge in [0.15, 0.2) is 0 Å². The maximum atomic E-state index is 11.7. The number of carboxylic acids is 1. The molecule has 5 heteroatoms. The van der Waals surface area contributed by atoms with Crippen molar-refractivity contribution in [3.63, 3.8) is 0 Å². The number of aliphatic carboxylic acids is 1. The van der Waals surface area contributed by atoms with Gasteiger partial charge in [-0.3, -0.25) is 4.98 Å². The molecule has 0 aliphatic carbocycles. The van der Waals surface area contributed by atoms with Crippen LogP contribution in [0.25, 0.3) is 11.0 Å². The van der Waals surface area contributed by atoms with Gasteiger partial charge in [-0.1, -0.05) is 19.1 Å². The molecule has 1 saturated heterocycles. The first kappa shape index (κ1) is 12.8. The molecule has 0 saturated carbocycles. The maximum absolute atomic E-state index is 11.7. The molecule has 0 radical (unpaired) electrons. The number of carbonyl (C=O) groups is 1. The first-order chi connectivity index (χ1) is 9.67. The molecule has 0 bridgehead atoms. The molecule has 3 rings (SSSR count). The number of hydrogen-bond acceptors (Lipinski definition) is 4. The minimum Gasteiger partial charge on any atom is -0.479 e. The van der Waals surface area contributed by atoms with Gasteiger partial charge in [-0.25, -0.2) is 9.78 Å². The molecule has 1 atom stereocenters. The van der Waals surface area contributed by atoms with Crippen molar-refractivity contribution in [2.24, 2.45) is 0 Å². The number of benzene rings is 1. The lowest BCUT2D eigenvalue weighted by Crippen LogP contribution is -2.50. The summed E-state index contributed by atoms with van der Waals surface area (Å²) in [6, 6.07) is 7.63. The number of fused-ring (bicyclic) bond motifs is 1. The predicted octanol–water partition coefficient (Wildman–Crippen LogP) is 2.46. The molecule has 1 aromatic carbocycles. The van der Waals surface area contributed by atoms with Crippen molar-refractivity contribution in [3.8, 4) is 0 Å². The normalized spacial score (nSPS) is 22.4. The van der Waals surface area contributed by atoms with Gasteiger partial charge < -0.3 is 10.0 Å². The van der Waals surface area contributed by atoms with Gasteiger partial charge in [0.2, 0.25) is 0 Å². The summed E-state index contributed by atoms with van der Waals surface area (Å²) in [6.45, 7) is 2.63. The fourth-order valence-corrected chi connectivity index (χ4v) is 3.03. The highest BCUT2D eigenvalue weighted by molar-refractivity contribution is 5.84. The summed E-state index contributed by atoms with van der Waals surface area (Å²) in [6.07, 6.45) is 3.78. The summed E-state index contributed by atoms with van der Waals surface area (Å²) < 4.78 is 0. The summed E-state index contributed by atoms with van der Waals surface area (Å²) >= 11 is 0. The second-order valence-electron chi connectivity index (χ2n) is 5.16. The number of rotatable bonds is 3. The molecule has 20 heavy (non-hydrogen) atoms. The Morgan fingerprint density at radius 3 is 2.85 bits per heavy atom. The van der Waals surface area contributed by atoms with Gasteiger partial charge in [0.25, 0.3) is 0 Å². The van der Waals surface area contributed by atoms with Gasteiger partial charge >= 0.3 is 5.97 Å². The van der Waals surface area contributed by atoms with Crippen LogP contribution in [0.15, 0.2) is 30.5 Å². The molecule has 0 spiro atoms. The monoisotopic (exact) mass is 271 g/mol. The molecule has 0 amide bonds. The van der Waals surface area contributed by atoms with Crippen molar-refractivity contribution < 1.29 is 9.90 Å². The van der Waals surface area contributed by atoms with Crippen LogP contribution in [-0.2, 0) is 4.79 Å². The highest BCUT2D eigenvalue weighted by atomic mass is 16.4. The molecular weight excluding hydrogens is 254 g/mol. The predicted molar refractivity (Wildman–Crippen MR) is 76.8 cm³/mol. The number of hydrogen-bond donors (Lipinski definition) is 1. The van der Waals surface area contributed by atoms with Crippen molar-refractivity contribution in [2.75, 3.05) is 11.4 Å². The van der Waals surface area contributed by atoms with Crippen molar-refractivity contribution >= 4 is 22.8 Å². The Hall–Kier alpha value is -2.17. The van der Waals surface area contributed by atoms with Crippen LogP contribution in [-0.4, -0.2) is 33.1 Å². The molecule has 1 N–H and O–H groups in total. The van der Waals surface area contributed by atoms with E-state index in [0.717, 1.165) is 17.5 Å². The van der Waals surface area contributed by atoms with Crippen molar-refractivity contribution in [1.82, 2.24) is 9.97 Å². The van der Waals surface area contributed by atoms with Crippen LogP contribution >= 0.6 is 0 Å². The Morgan fingerprint density at radius 2 is 2.15 bits per heavy atom. The van der Waals surface area contributed by atoms with Crippen molar-refractivity contribution in [2.45, 2.75) is 31.7 Å². The van der Waals surface area contributed by atoms with E-state index in [-0.39, 0.29) is 0 Å². The minimum atomic E-state index is -0.836. The SMILES string of the molecule is CCC1(C(=O)O)CCCN1c1cnc2ccccc2n1. The average molecular weight is 271 g/mol. The van der Waals surface area contributed by atoms with Gasteiger partial charge in [0, 0.05) is 6.54 Å². The zero-order valence-corrected chi connectivity index (χ0v) is 11.4. The second-order valence-corrected chi connectivity index (χ2v) is 5.16. The number of para-hydroxylation sites is 2. The summed E-state index contributed by atoms with van der Waals surface area (Å²) in [5.74, 6) is -0.113. The van der Waals surface area contributed by atoms with E-state index in [0.29, 0.717) is 25.2 Å². The lowest BCUT2D eigenvalue weighted by molar-refractivity contribution is -0.143. The van der Waals surface area contributed by atoms with Crippen LogP contribution < -0.4 is 4.90 Å². The zero-order chi connectivity index (χ0) is 14.2. The minimum absolute atomic E-state index is 0.566. The first-order valence-electron chi connectivity index (χ1n) is 6.90. The van der Waals surface area contributed by atoms with Gasteiger partial charge in [-0.2, -0.15) is 0 Å². The fourth-order valence-electron chi connectivity index (χ4n) is 3.03.